The van der Waals surface area contributed by atoms with Gasteiger partial charge in [0.15, 0.2) is 5.82 Å². The number of hydrogen-bond donors (Lipinski definition) is 2. The van der Waals surface area contributed by atoms with Crippen LogP contribution in [0.4, 0.5) is 5.82 Å². The van der Waals surface area contributed by atoms with Crippen molar-refractivity contribution < 1.29 is 4.79 Å². The van der Waals surface area contributed by atoms with Crippen LogP contribution < -0.4 is 11.1 Å². The zero-order valence-electron chi connectivity index (χ0n) is 15.8. The Hall–Kier alpha value is -3.72. The SMILES string of the molecule is N#CC1(c2ccc(-c3cc(-c4ccc5c(c4)CCNC5=O)c(N)nn3)cc2)CC1. The highest BCUT2D eigenvalue weighted by molar-refractivity contribution is 5.97. The first-order chi connectivity index (χ1) is 14.1. The van der Waals surface area contributed by atoms with Crippen LogP contribution in [0.3, 0.4) is 0 Å². The van der Waals surface area contributed by atoms with Gasteiger partial charge in [-0.05, 0) is 48.1 Å². The first-order valence-corrected chi connectivity index (χ1v) is 9.66. The van der Waals surface area contributed by atoms with Gasteiger partial charge >= 0.3 is 0 Å². The van der Waals surface area contributed by atoms with Crippen LogP contribution in [0, 0.1) is 11.3 Å². The number of rotatable bonds is 3. The number of fused-ring (bicyclic) bond motifs is 1. The van der Waals surface area contributed by atoms with E-state index in [0.717, 1.165) is 52.8 Å². The number of nitrogens with two attached hydrogens (primary N) is 1. The molecule has 5 rings (SSSR count). The lowest BCUT2D eigenvalue weighted by Gasteiger charge is -2.17. The fourth-order valence-electron chi connectivity index (χ4n) is 3.92. The van der Waals surface area contributed by atoms with Gasteiger partial charge in [0.1, 0.15) is 0 Å². The van der Waals surface area contributed by atoms with Gasteiger partial charge in [0.2, 0.25) is 0 Å². The summed E-state index contributed by atoms with van der Waals surface area (Å²) in [5.74, 6) is 0.317. The molecule has 1 aliphatic heterocycles. The topological polar surface area (TPSA) is 105 Å². The molecule has 2 aromatic carbocycles. The van der Waals surface area contributed by atoms with Gasteiger partial charge in [0.25, 0.3) is 5.91 Å². The number of nitrogens with zero attached hydrogens (tertiary/aromatic N) is 3. The average molecular weight is 381 g/mol. The second-order valence-corrected chi connectivity index (χ2v) is 7.68. The highest BCUT2D eigenvalue weighted by Gasteiger charge is 2.44. The highest BCUT2D eigenvalue weighted by Crippen LogP contribution is 2.47. The molecule has 1 aromatic heterocycles. The number of aromatic nitrogens is 2. The molecule has 142 valence electrons. The number of anilines is 1. The molecule has 0 bridgehead atoms. The molecular weight excluding hydrogens is 362 g/mol. The molecule has 6 heteroatoms. The molecule has 0 atom stereocenters. The minimum Gasteiger partial charge on any atom is -0.382 e. The van der Waals surface area contributed by atoms with E-state index in [1.807, 2.05) is 48.5 Å². The number of nitriles is 1. The lowest BCUT2D eigenvalue weighted by molar-refractivity contribution is 0.0946. The van der Waals surface area contributed by atoms with Crippen LogP contribution in [0.15, 0.2) is 48.5 Å². The van der Waals surface area contributed by atoms with Crippen molar-refractivity contribution in [2.75, 3.05) is 12.3 Å². The molecule has 0 spiro atoms. The van der Waals surface area contributed by atoms with Crippen molar-refractivity contribution in [3.05, 3.63) is 65.2 Å². The molecule has 0 saturated heterocycles. The van der Waals surface area contributed by atoms with Crippen molar-refractivity contribution >= 4 is 11.7 Å². The van der Waals surface area contributed by atoms with Gasteiger partial charge in [0, 0.05) is 23.2 Å². The molecule has 3 N–H and O–H groups in total. The summed E-state index contributed by atoms with van der Waals surface area (Å²) < 4.78 is 0. The van der Waals surface area contributed by atoms with Gasteiger partial charge in [-0.3, -0.25) is 4.79 Å². The third-order valence-corrected chi connectivity index (χ3v) is 5.86. The van der Waals surface area contributed by atoms with Gasteiger partial charge < -0.3 is 11.1 Å². The largest absolute Gasteiger partial charge is 0.382 e. The van der Waals surface area contributed by atoms with E-state index in [1.165, 1.54) is 0 Å². The zero-order valence-corrected chi connectivity index (χ0v) is 15.8. The van der Waals surface area contributed by atoms with Crippen LogP contribution in [0.1, 0.15) is 34.3 Å². The molecule has 29 heavy (non-hydrogen) atoms. The fourth-order valence-corrected chi connectivity index (χ4v) is 3.92. The smallest absolute Gasteiger partial charge is 0.251 e. The van der Waals surface area contributed by atoms with Crippen molar-refractivity contribution in [3.63, 3.8) is 0 Å². The lowest BCUT2D eigenvalue weighted by atomic mass is 9.94. The molecule has 0 unspecified atom stereocenters. The van der Waals surface area contributed by atoms with E-state index in [2.05, 4.69) is 21.6 Å². The molecule has 1 aliphatic carbocycles. The normalized spacial score (nSPS) is 16.4. The van der Waals surface area contributed by atoms with Crippen LogP contribution in [0.25, 0.3) is 22.4 Å². The number of amides is 1. The number of nitrogen functional groups attached to an aromatic ring is 1. The van der Waals surface area contributed by atoms with Gasteiger partial charge in [-0.15, -0.1) is 10.2 Å². The lowest BCUT2D eigenvalue weighted by Crippen LogP contribution is -2.31. The second-order valence-electron chi connectivity index (χ2n) is 7.68. The molecule has 3 aromatic rings. The van der Waals surface area contributed by atoms with Crippen LogP contribution in [-0.2, 0) is 11.8 Å². The second kappa shape index (κ2) is 6.42. The van der Waals surface area contributed by atoms with Crippen LogP contribution in [-0.4, -0.2) is 22.6 Å². The van der Waals surface area contributed by atoms with Crippen molar-refractivity contribution in [1.82, 2.24) is 15.5 Å². The van der Waals surface area contributed by atoms with E-state index >= 15 is 0 Å². The fraction of sp³-hybridized carbons (Fsp3) is 0.217. The number of nitrogens with one attached hydrogen (secondary N) is 1. The van der Waals surface area contributed by atoms with E-state index in [1.54, 1.807) is 0 Å². The highest BCUT2D eigenvalue weighted by atomic mass is 16.1. The maximum Gasteiger partial charge on any atom is 0.251 e. The summed E-state index contributed by atoms with van der Waals surface area (Å²) in [5.41, 5.74) is 12.0. The molecule has 1 fully saturated rings. The number of carbonyl (C=O) groups excluding carboxylic acids is 1. The van der Waals surface area contributed by atoms with Gasteiger partial charge in [-0.2, -0.15) is 5.26 Å². The standard InChI is InChI=1S/C23H19N5O/c24-13-23(8-9-23)17-4-1-14(2-5-17)20-12-19(21(25)28-27-20)15-3-6-18-16(11-15)7-10-26-22(18)29/h1-6,11-12H,7-10H2,(H2,25,28)(H,26,29). The third kappa shape index (κ3) is 2.92. The van der Waals surface area contributed by atoms with E-state index in [0.29, 0.717) is 17.9 Å². The monoisotopic (exact) mass is 381 g/mol. The third-order valence-electron chi connectivity index (χ3n) is 5.86. The summed E-state index contributed by atoms with van der Waals surface area (Å²) in [5, 5.41) is 20.6. The quantitative estimate of drug-likeness (QED) is 0.725. The molecule has 0 radical (unpaired) electrons. The van der Waals surface area contributed by atoms with Crippen molar-refractivity contribution in [2.45, 2.75) is 24.7 Å². The summed E-state index contributed by atoms with van der Waals surface area (Å²) in [4.78, 5) is 12.0. The molecule has 1 amide bonds. The Bertz CT molecular complexity index is 1170. The first kappa shape index (κ1) is 17.4. The van der Waals surface area contributed by atoms with E-state index in [4.69, 9.17) is 5.73 Å². The Morgan fingerprint density at radius 2 is 1.76 bits per heavy atom. The molecule has 1 saturated carbocycles. The van der Waals surface area contributed by atoms with Crippen molar-refractivity contribution in [1.29, 1.82) is 5.26 Å². The zero-order chi connectivity index (χ0) is 20.0. The maximum absolute atomic E-state index is 12.0. The Morgan fingerprint density at radius 1 is 1.00 bits per heavy atom. The molecule has 2 heterocycles. The number of carbonyl (C=O) groups is 1. The summed E-state index contributed by atoms with van der Waals surface area (Å²) >= 11 is 0. The summed E-state index contributed by atoms with van der Waals surface area (Å²) in [6.45, 7) is 0.640. The van der Waals surface area contributed by atoms with Gasteiger partial charge in [-0.1, -0.05) is 36.4 Å². The Labute approximate surface area is 168 Å². The molecular formula is C23H19N5O. The molecule has 2 aliphatic rings. The minimum absolute atomic E-state index is 0.0368. The van der Waals surface area contributed by atoms with Crippen molar-refractivity contribution in [2.24, 2.45) is 0 Å². The predicted molar refractivity (Wildman–Crippen MR) is 110 cm³/mol. The number of benzene rings is 2. The van der Waals surface area contributed by atoms with E-state index in [-0.39, 0.29) is 11.3 Å². The van der Waals surface area contributed by atoms with Gasteiger partial charge in [0.05, 0.1) is 17.2 Å². The molecule has 6 nitrogen and oxygen atoms in total. The first-order valence-electron chi connectivity index (χ1n) is 9.66. The Morgan fingerprint density at radius 3 is 2.48 bits per heavy atom. The Kier molecular flexibility index (Phi) is 3.85. The number of hydrogen-bond acceptors (Lipinski definition) is 5. The minimum atomic E-state index is -0.300. The van der Waals surface area contributed by atoms with Gasteiger partial charge in [-0.25, -0.2) is 0 Å². The summed E-state index contributed by atoms with van der Waals surface area (Å²) in [6.07, 6.45) is 2.64. The van der Waals surface area contributed by atoms with E-state index in [9.17, 15) is 10.1 Å². The van der Waals surface area contributed by atoms with E-state index < -0.39 is 0 Å². The van der Waals surface area contributed by atoms with Crippen LogP contribution in [0.2, 0.25) is 0 Å². The average Bonchev–Trinajstić information content (AvgIpc) is 3.56. The van der Waals surface area contributed by atoms with Crippen LogP contribution in [0.5, 0.6) is 0 Å². The Balaban J connectivity index is 1.51. The maximum atomic E-state index is 12.0. The van der Waals surface area contributed by atoms with Crippen LogP contribution >= 0.6 is 0 Å². The van der Waals surface area contributed by atoms with Crippen molar-refractivity contribution in [3.8, 4) is 28.5 Å². The summed E-state index contributed by atoms with van der Waals surface area (Å²) in [6, 6.07) is 18.1. The predicted octanol–water partition coefficient (Wildman–Crippen LogP) is 3.23. The summed E-state index contributed by atoms with van der Waals surface area (Å²) in [7, 11) is 0.